The second-order valence-electron chi connectivity index (χ2n) is 2.64. The van der Waals surface area contributed by atoms with E-state index in [-0.39, 0.29) is 11.0 Å². The Labute approximate surface area is 91.7 Å². The summed E-state index contributed by atoms with van der Waals surface area (Å²) in [5.41, 5.74) is -1.36. The fourth-order valence-corrected chi connectivity index (χ4v) is 1.28. The van der Waals surface area contributed by atoms with Gasteiger partial charge in [0.1, 0.15) is 0 Å². The van der Waals surface area contributed by atoms with Crippen LogP contribution >= 0.6 is 15.9 Å². The monoisotopic (exact) mass is 281 g/mol. The zero-order valence-electron chi connectivity index (χ0n) is 7.25. The number of pyridine rings is 1. The van der Waals surface area contributed by atoms with E-state index < -0.39 is 29.4 Å². The molecular weight excluding hydrogens is 276 g/mol. The SMILES string of the molecule is O=C(O)c1nc(CBr)cc(C(F)F)c1O. The van der Waals surface area contributed by atoms with Crippen LogP contribution in [0.4, 0.5) is 8.78 Å². The van der Waals surface area contributed by atoms with Crippen molar-refractivity contribution in [2.75, 3.05) is 0 Å². The van der Waals surface area contributed by atoms with Crippen LogP contribution in [0.15, 0.2) is 6.07 Å². The van der Waals surface area contributed by atoms with Crippen molar-refractivity contribution in [3.8, 4) is 5.75 Å². The molecule has 15 heavy (non-hydrogen) atoms. The first kappa shape index (κ1) is 11.8. The van der Waals surface area contributed by atoms with Crippen molar-refractivity contribution >= 4 is 21.9 Å². The van der Waals surface area contributed by atoms with E-state index in [2.05, 4.69) is 20.9 Å². The molecule has 1 rings (SSSR count). The van der Waals surface area contributed by atoms with Crippen LogP contribution in [-0.4, -0.2) is 21.2 Å². The summed E-state index contributed by atoms with van der Waals surface area (Å²) in [7, 11) is 0. The molecule has 0 spiro atoms. The first-order valence-electron chi connectivity index (χ1n) is 3.77. The highest BCUT2D eigenvalue weighted by Gasteiger charge is 2.22. The number of aromatic carboxylic acids is 1. The van der Waals surface area contributed by atoms with Crippen LogP contribution in [0.1, 0.15) is 28.2 Å². The molecule has 0 unspecified atom stereocenters. The smallest absolute Gasteiger partial charge is 0.358 e. The van der Waals surface area contributed by atoms with Crippen LogP contribution < -0.4 is 0 Å². The van der Waals surface area contributed by atoms with E-state index in [1.807, 2.05) is 0 Å². The Bertz CT molecular complexity index is 398. The number of nitrogens with zero attached hydrogens (tertiary/aromatic N) is 1. The van der Waals surface area contributed by atoms with E-state index in [0.29, 0.717) is 0 Å². The van der Waals surface area contributed by atoms with Gasteiger partial charge in [-0.1, -0.05) is 15.9 Å². The number of rotatable bonds is 3. The number of alkyl halides is 3. The van der Waals surface area contributed by atoms with Gasteiger partial charge in [0, 0.05) is 5.33 Å². The molecule has 1 aromatic heterocycles. The Balaban J connectivity index is 3.40. The summed E-state index contributed by atoms with van der Waals surface area (Å²) in [5, 5.41) is 18.0. The Morgan fingerprint density at radius 2 is 2.20 bits per heavy atom. The number of halogens is 3. The molecule has 82 valence electrons. The molecule has 0 atom stereocenters. The molecule has 1 aromatic rings. The van der Waals surface area contributed by atoms with Crippen molar-refractivity contribution in [3.63, 3.8) is 0 Å². The van der Waals surface area contributed by atoms with Crippen molar-refractivity contribution in [1.29, 1.82) is 0 Å². The lowest BCUT2D eigenvalue weighted by atomic mass is 10.1. The zero-order chi connectivity index (χ0) is 11.6. The highest BCUT2D eigenvalue weighted by atomic mass is 79.9. The topological polar surface area (TPSA) is 70.4 Å². The molecule has 4 nitrogen and oxygen atoms in total. The van der Waals surface area contributed by atoms with Crippen LogP contribution in [-0.2, 0) is 5.33 Å². The van der Waals surface area contributed by atoms with Crippen molar-refractivity contribution in [2.45, 2.75) is 11.8 Å². The van der Waals surface area contributed by atoms with Gasteiger partial charge in [0.05, 0.1) is 11.3 Å². The zero-order valence-corrected chi connectivity index (χ0v) is 8.83. The van der Waals surface area contributed by atoms with E-state index >= 15 is 0 Å². The Morgan fingerprint density at radius 3 is 2.60 bits per heavy atom. The first-order chi connectivity index (χ1) is 6.97. The number of hydrogen-bond donors (Lipinski definition) is 2. The molecule has 0 aliphatic carbocycles. The van der Waals surface area contributed by atoms with Crippen LogP contribution in [0.25, 0.3) is 0 Å². The number of aromatic nitrogens is 1. The third-order valence-corrected chi connectivity index (χ3v) is 2.22. The summed E-state index contributed by atoms with van der Waals surface area (Å²) < 4.78 is 24.8. The summed E-state index contributed by atoms with van der Waals surface area (Å²) in [6, 6.07) is 0.960. The highest BCUT2D eigenvalue weighted by molar-refractivity contribution is 9.08. The minimum atomic E-state index is -2.94. The van der Waals surface area contributed by atoms with Gasteiger partial charge in [0.2, 0.25) is 0 Å². The van der Waals surface area contributed by atoms with E-state index in [1.54, 1.807) is 0 Å². The number of carboxylic acids is 1. The van der Waals surface area contributed by atoms with Crippen LogP contribution in [0, 0.1) is 0 Å². The van der Waals surface area contributed by atoms with E-state index in [4.69, 9.17) is 5.11 Å². The average Bonchev–Trinajstić information content (AvgIpc) is 2.17. The fourth-order valence-electron chi connectivity index (χ4n) is 0.997. The summed E-state index contributed by atoms with van der Waals surface area (Å²) in [6.07, 6.45) is -2.94. The van der Waals surface area contributed by atoms with E-state index in [1.165, 1.54) is 0 Å². The van der Waals surface area contributed by atoms with Crippen molar-refractivity contribution < 1.29 is 23.8 Å². The Hall–Kier alpha value is -1.24. The van der Waals surface area contributed by atoms with Gasteiger partial charge in [-0.05, 0) is 6.07 Å². The number of hydrogen-bond acceptors (Lipinski definition) is 3. The standard InChI is InChI=1S/C8H6BrF2NO3/c9-2-3-1-4(7(10)11)6(13)5(12-3)8(14)15/h1,7,13H,2H2,(H,14,15). The second-order valence-corrected chi connectivity index (χ2v) is 3.20. The Kier molecular flexibility index (Phi) is 3.57. The summed E-state index contributed by atoms with van der Waals surface area (Å²) in [6.45, 7) is 0. The van der Waals surface area contributed by atoms with Gasteiger partial charge in [-0.25, -0.2) is 18.6 Å². The van der Waals surface area contributed by atoms with Gasteiger partial charge < -0.3 is 10.2 Å². The molecule has 0 radical (unpaired) electrons. The molecule has 0 aliphatic heterocycles. The lowest BCUT2D eigenvalue weighted by Crippen LogP contribution is -2.05. The lowest BCUT2D eigenvalue weighted by Gasteiger charge is -2.07. The number of carboxylic acid groups (broad SMARTS) is 1. The second kappa shape index (κ2) is 4.52. The molecule has 0 aliphatic rings. The predicted molar refractivity (Wildman–Crippen MR) is 50.4 cm³/mol. The minimum absolute atomic E-state index is 0.125. The van der Waals surface area contributed by atoms with Crippen molar-refractivity contribution in [2.24, 2.45) is 0 Å². The maximum atomic E-state index is 12.4. The largest absolute Gasteiger partial charge is 0.505 e. The van der Waals surface area contributed by atoms with Gasteiger partial charge in [0.25, 0.3) is 6.43 Å². The summed E-state index contributed by atoms with van der Waals surface area (Å²) >= 11 is 2.97. The van der Waals surface area contributed by atoms with Gasteiger partial charge in [-0.3, -0.25) is 0 Å². The fraction of sp³-hybridized carbons (Fsp3) is 0.250. The van der Waals surface area contributed by atoms with Crippen LogP contribution in [0.5, 0.6) is 5.75 Å². The molecule has 0 amide bonds. The van der Waals surface area contributed by atoms with Crippen molar-refractivity contribution in [1.82, 2.24) is 4.98 Å². The van der Waals surface area contributed by atoms with Gasteiger partial charge in [-0.15, -0.1) is 0 Å². The number of aromatic hydroxyl groups is 1. The minimum Gasteiger partial charge on any atom is -0.505 e. The molecule has 2 N–H and O–H groups in total. The maximum Gasteiger partial charge on any atom is 0.358 e. The first-order valence-corrected chi connectivity index (χ1v) is 4.89. The number of carbonyl (C=O) groups is 1. The predicted octanol–water partition coefficient (Wildman–Crippen LogP) is 2.32. The Morgan fingerprint density at radius 1 is 1.60 bits per heavy atom. The lowest BCUT2D eigenvalue weighted by molar-refractivity contribution is 0.0685. The van der Waals surface area contributed by atoms with Crippen LogP contribution in [0.3, 0.4) is 0 Å². The molecule has 0 saturated carbocycles. The highest BCUT2D eigenvalue weighted by Crippen LogP contribution is 2.31. The van der Waals surface area contributed by atoms with Gasteiger partial charge in [-0.2, -0.15) is 0 Å². The van der Waals surface area contributed by atoms with E-state index in [9.17, 15) is 18.7 Å². The molecule has 0 aromatic carbocycles. The molecule has 1 heterocycles. The summed E-state index contributed by atoms with van der Waals surface area (Å²) in [4.78, 5) is 14.1. The molecule has 0 fully saturated rings. The van der Waals surface area contributed by atoms with Crippen molar-refractivity contribution in [3.05, 3.63) is 23.0 Å². The maximum absolute atomic E-state index is 12.4. The molecule has 0 saturated heterocycles. The normalized spacial score (nSPS) is 10.7. The molecular formula is C8H6BrF2NO3. The average molecular weight is 282 g/mol. The third kappa shape index (κ3) is 2.41. The van der Waals surface area contributed by atoms with E-state index in [0.717, 1.165) is 6.07 Å². The third-order valence-electron chi connectivity index (χ3n) is 1.65. The van der Waals surface area contributed by atoms with Crippen LogP contribution in [0.2, 0.25) is 0 Å². The van der Waals surface area contributed by atoms with Gasteiger partial charge in [0.15, 0.2) is 11.4 Å². The summed E-state index contributed by atoms with van der Waals surface area (Å²) in [5.74, 6) is -2.53. The molecule has 0 bridgehead atoms. The molecule has 7 heteroatoms. The quantitative estimate of drug-likeness (QED) is 0.835. The van der Waals surface area contributed by atoms with Gasteiger partial charge >= 0.3 is 5.97 Å².